The summed E-state index contributed by atoms with van der Waals surface area (Å²) >= 11 is 0. The molecule has 0 saturated carbocycles. The maximum absolute atomic E-state index is 6.05. The minimum absolute atomic E-state index is 0.702. The summed E-state index contributed by atoms with van der Waals surface area (Å²) < 4.78 is 12.1. The number of hydrogen-bond donors (Lipinski definition) is 0. The minimum atomic E-state index is -0.702. The monoisotopic (exact) mass is 346 g/mol. The van der Waals surface area contributed by atoms with Crippen LogP contribution in [0.2, 0.25) is 0 Å². The Hall–Kier alpha value is -2.31. The molecule has 0 atom stereocenters. The molecular weight excluding hydrogens is 327 g/mol. The summed E-state index contributed by atoms with van der Waals surface area (Å²) in [7, 11) is -0.702. The van der Waals surface area contributed by atoms with Crippen LogP contribution in [-0.2, 0) is 12.8 Å². The van der Waals surface area contributed by atoms with Gasteiger partial charge in [-0.15, -0.1) is 0 Å². The van der Waals surface area contributed by atoms with Gasteiger partial charge >= 0.3 is 0 Å². The van der Waals surface area contributed by atoms with Gasteiger partial charge in [0.2, 0.25) is 0 Å². The SMILES string of the molecule is c1ccc(P(c2cccc3c2OCC3)c2cccc3c2OCC3)cc1. The van der Waals surface area contributed by atoms with Crippen LogP contribution in [0.4, 0.5) is 0 Å². The zero-order valence-corrected chi connectivity index (χ0v) is 14.8. The normalized spacial score (nSPS) is 14.8. The molecule has 0 aromatic heterocycles. The van der Waals surface area contributed by atoms with Crippen LogP contribution in [0.1, 0.15) is 11.1 Å². The van der Waals surface area contributed by atoms with E-state index in [1.54, 1.807) is 0 Å². The van der Waals surface area contributed by atoms with Crippen LogP contribution in [0, 0.1) is 0 Å². The number of fused-ring (bicyclic) bond motifs is 2. The molecule has 25 heavy (non-hydrogen) atoms. The number of ether oxygens (including phenoxy) is 2. The van der Waals surface area contributed by atoms with E-state index in [4.69, 9.17) is 9.47 Å². The van der Waals surface area contributed by atoms with Gasteiger partial charge in [0.15, 0.2) is 0 Å². The molecular formula is C22H19O2P. The lowest BCUT2D eigenvalue weighted by Gasteiger charge is -2.23. The molecule has 2 aliphatic rings. The van der Waals surface area contributed by atoms with E-state index < -0.39 is 7.92 Å². The van der Waals surface area contributed by atoms with E-state index in [1.807, 2.05) is 0 Å². The molecule has 0 radical (unpaired) electrons. The number of para-hydroxylation sites is 2. The van der Waals surface area contributed by atoms with E-state index in [2.05, 4.69) is 66.7 Å². The molecule has 2 nitrogen and oxygen atoms in total. The molecule has 0 amide bonds. The standard InChI is InChI=1S/C22H19O2P/c1-2-8-18(9-3-1)25(19-10-4-6-16-12-14-23-21(16)19)20-11-5-7-17-13-15-24-22(17)20/h1-11H,12-15H2. The molecule has 124 valence electrons. The molecule has 2 heterocycles. The first-order valence-electron chi connectivity index (χ1n) is 8.76. The van der Waals surface area contributed by atoms with Crippen LogP contribution >= 0.6 is 7.92 Å². The third kappa shape index (κ3) is 2.53. The molecule has 0 saturated heterocycles. The summed E-state index contributed by atoms with van der Waals surface area (Å²) in [5.41, 5.74) is 2.66. The van der Waals surface area contributed by atoms with Crippen LogP contribution < -0.4 is 25.4 Å². The summed E-state index contributed by atoms with van der Waals surface area (Å²) in [6, 6.07) is 24.0. The van der Waals surface area contributed by atoms with Gasteiger partial charge in [0, 0.05) is 23.5 Å². The number of rotatable bonds is 3. The fourth-order valence-electron chi connectivity index (χ4n) is 3.73. The Labute approximate surface area is 149 Å². The Balaban J connectivity index is 1.75. The topological polar surface area (TPSA) is 18.5 Å². The summed E-state index contributed by atoms with van der Waals surface area (Å²) in [5, 5.41) is 3.95. The van der Waals surface area contributed by atoms with E-state index in [0.29, 0.717) is 0 Å². The molecule has 0 N–H and O–H groups in total. The highest BCUT2D eigenvalue weighted by Gasteiger charge is 2.29. The van der Waals surface area contributed by atoms with Gasteiger partial charge < -0.3 is 9.47 Å². The van der Waals surface area contributed by atoms with Crippen LogP contribution in [0.15, 0.2) is 66.7 Å². The van der Waals surface area contributed by atoms with Crippen molar-refractivity contribution in [2.24, 2.45) is 0 Å². The van der Waals surface area contributed by atoms with Crippen molar-refractivity contribution in [2.75, 3.05) is 13.2 Å². The lowest BCUT2D eigenvalue weighted by molar-refractivity contribution is 0.359. The molecule has 3 aromatic rings. The summed E-state index contributed by atoms with van der Waals surface area (Å²) in [5.74, 6) is 2.18. The molecule has 3 heteroatoms. The fraction of sp³-hybridized carbons (Fsp3) is 0.182. The first-order valence-corrected chi connectivity index (χ1v) is 10.1. The predicted octanol–water partition coefficient (Wildman–Crippen LogP) is 3.31. The molecule has 5 rings (SSSR count). The second kappa shape index (κ2) is 6.20. The van der Waals surface area contributed by atoms with Crippen molar-refractivity contribution in [3.05, 3.63) is 77.9 Å². The highest BCUT2D eigenvalue weighted by molar-refractivity contribution is 7.80. The lowest BCUT2D eigenvalue weighted by Crippen LogP contribution is -2.23. The second-order valence-electron chi connectivity index (χ2n) is 6.40. The third-order valence-corrected chi connectivity index (χ3v) is 7.37. The van der Waals surface area contributed by atoms with Crippen LogP contribution in [0.3, 0.4) is 0 Å². The van der Waals surface area contributed by atoms with Crippen LogP contribution in [0.5, 0.6) is 11.5 Å². The third-order valence-electron chi connectivity index (χ3n) is 4.88. The van der Waals surface area contributed by atoms with E-state index >= 15 is 0 Å². The molecule has 0 fully saturated rings. The van der Waals surface area contributed by atoms with E-state index in [1.165, 1.54) is 27.0 Å². The Kier molecular flexibility index (Phi) is 3.72. The van der Waals surface area contributed by atoms with Gasteiger partial charge in [0.25, 0.3) is 0 Å². The minimum Gasteiger partial charge on any atom is -0.492 e. The van der Waals surface area contributed by atoms with Crippen molar-refractivity contribution in [2.45, 2.75) is 12.8 Å². The van der Waals surface area contributed by atoms with Crippen molar-refractivity contribution < 1.29 is 9.47 Å². The first-order chi connectivity index (χ1) is 12.4. The number of hydrogen-bond acceptors (Lipinski definition) is 2. The maximum atomic E-state index is 6.05. The summed E-state index contributed by atoms with van der Waals surface area (Å²) in [4.78, 5) is 0. The first kappa shape index (κ1) is 15.0. The molecule has 3 aromatic carbocycles. The number of benzene rings is 3. The largest absolute Gasteiger partial charge is 0.492 e. The Bertz CT molecular complexity index is 863. The molecule has 0 spiro atoms. The van der Waals surface area contributed by atoms with E-state index in [9.17, 15) is 0 Å². The highest BCUT2D eigenvalue weighted by Crippen LogP contribution is 2.43. The Morgan fingerprint density at radius 1 is 0.600 bits per heavy atom. The Morgan fingerprint density at radius 3 is 1.72 bits per heavy atom. The fourth-order valence-corrected chi connectivity index (χ4v) is 6.31. The lowest BCUT2D eigenvalue weighted by atomic mass is 10.2. The molecule has 0 bridgehead atoms. The van der Waals surface area contributed by atoms with Crippen LogP contribution in [0.25, 0.3) is 0 Å². The van der Waals surface area contributed by atoms with Crippen molar-refractivity contribution in [1.82, 2.24) is 0 Å². The zero-order chi connectivity index (χ0) is 16.6. The van der Waals surface area contributed by atoms with Gasteiger partial charge in [0.1, 0.15) is 11.5 Å². The maximum Gasteiger partial charge on any atom is 0.130 e. The van der Waals surface area contributed by atoms with Gasteiger partial charge in [-0.05, 0) is 24.4 Å². The zero-order valence-electron chi connectivity index (χ0n) is 13.9. The predicted molar refractivity (Wildman–Crippen MR) is 104 cm³/mol. The Morgan fingerprint density at radius 2 is 1.16 bits per heavy atom. The van der Waals surface area contributed by atoms with Crippen LogP contribution in [-0.4, -0.2) is 13.2 Å². The average molecular weight is 346 g/mol. The van der Waals surface area contributed by atoms with Crippen molar-refractivity contribution in [1.29, 1.82) is 0 Å². The summed E-state index contributed by atoms with van der Waals surface area (Å²) in [6.07, 6.45) is 2.01. The van der Waals surface area contributed by atoms with E-state index in [-0.39, 0.29) is 0 Å². The van der Waals surface area contributed by atoms with Crippen molar-refractivity contribution in [3.63, 3.8) is 0 Å². The van der Waals surface area contributed by atoms with Gasteiger partial charge in [-0.3, -0.25) is 0 Å². The van der Waals surface area contributed by atoms with Gasteiger partial charge in [-0.1, -0.05) is 66.7 Å². The molecule has 2 aliphatic heterocycles. The summed E-state index contributed by atoms with van der Waals surface area (Å²) in [6.45, 7) is 1.57. The van der Waals surface area contributed by atoms with Gasteiger partial charge in [-0.2, -0.15) is 0 Å². The van der Waals surface area contributed by atoms with Crippen molar-refractivity contribution >= 4 is 23.8 Å². The smallest absolute Gasteiger partial charge is 0.130 e. The van der Waals surface area contributed by atoms with Gasteiger partial charge in [0.05, 0.1) is 13.2 Å². The highest BCUT2D eigenvalue weighted by atomic mass is 31.1. The average Bonchev–Trinajstić information content (AvgIpc) is 3.33. The molecule has 0 unspecified atom stereocenters. The van der Waals surface area contributed by atoms with E-state index in [0.717, 1.165) is 37.6 Å². The quantitative estimate of drug-likeness (QED) is 0.678. The van der Waals surface area contributed by atoms with Crippen molar-refractivity contribution in [3.8, 4) is 11.5 Å². The van der Waals surface area contributed by atoms with Gasteiger partial charge in [-0.25, -0.2) is 0 Å². The molecule has 0 aliphatic carbocycles. The second-order valence-corrected chi connectivity index (χ2v) is 8.55.